The second kappa shape index (κ2) is 7.33. The van der Waals surface area contributed by atoms with Gasteiger partial charge < -0.3 is 5.32 Å². The van der Waals surface area contributed by atoms with Gasteiger partial charge in [0.05, 0.1) is 0 Å². The van der Waals surface area contributed by atoms with Gasteiger partial charge in [0.15, 0.2) is 0 Å². The molecule has 3 heteroatoms. The van der Waals surface area contributed by atoms with Crippen LogP contribution in [-0.2, 0) is 4.79 Å². The lowest BCUT2D eigenvalue weighted by atomic mass is 9.98. The van der Waals surface area contributed by atoms with E-state index in [1.165, 1.54) is 0 Å². The number of hydrogen-bond donors (Lipinski definition) is 1. The molecule has 0 fully saturated rings. The van der Waals surface area contributed by atoms with E-state index in [0.717, 1.165) is 31.4 Å². The van der Waals surface area contributed by atoms with E-state index in [4.69, 9.17) is 11.6 Å². The fourth-order valence-corrected chi connectivity index (χ4v) is 1.87. The molecule has 0 spiro atoms. The Kier molecular flexibility index (Phi) is 6.06. The van der Waals surface area contributed by atoms with Crippen LogP contribution >= 0.6 is 11.6 Å². The lowest BCUT2D eigenvalue weighted by Gasteiger charge is -2.14. The van der Waals surface area contributed by atoms with E-state index in [-0.39, 0.29) is 11.8 Å². The van der Waals surface area contributed by atoms with E-state index in [9.17, 15) is 4.79 Å². The van der Waals surface area contributed by atoms with Crippen LogP contribution in [0.2, 0.25) is 5.02 Å². The SMILES string of the molecule is CCCCC(CC)C(=O)Nc1ccc(Cl)cc1. The average Bonchev–Trinajstić information content (AvgIpc) is 2.33. The first-order chi connectivity index (χ1) is 8.17. The van der Waals surface area contributed by atoms with Gasteiger partial charge >= 0.3 is 0 Å². The van der Waals surface area contributed by atoms with Crippen molar-refractivity contribution < 1.29 is 4.79 Å². The highest BCUT2D eigenvalue weighted by Gasteiger charge is 2.15. The van der Waals surface area contributed by atoms with Crippen LogP contribution in [0.5, 0.6) is 0 Å². The van der Waals surface area contributed by atoms with Gasteiger partial charge in [-0.25, -0.2) is 0 Å². The molecule has 1 aromatic carbocycles. The van der Waals surface area contributed by atoms with Crippen LogP contribution in [0.1, 0.15) is 39.5 Å². The van der Waals surface area contributed by atoms with Crippen molar-refractivity contribution in [3.8, 4) is 0 Å². The van der Waals surface area contributed by atoms with Crippen LogP contribution in [0.4, 0.5) is 5.69 Å². The summed E-state index contributed by atoms with van der Waals surface area (Å²) in [6.07, 6.45) is 4.09. The Labute approximate surface area is 108 Å². The van der Waals surface area contributed by atoms with Crippen LogP contribution in [0.3, 0.4) is 0 Å². The number of benzene rings is 1. The maximum Gasteiger partial charge on any atom is 0.227 e. The number of anilines is 1. The molecule has 1 rings (SSSR count). The predicted molar refractivity (Wildman–Crippen MR) is 73.4 cm³/mol. The van der Waals surface area contributed by atoms with Gasteiger partial charge in [-0.05, 0) is 37.1 Å². The van der Waals surface area contributed by atoms with Crippen molar-refractivity contribution in [2.75, 3.05) is 5.32 Å². The molecule has 0 radical (unpaired) electrons. The molecule has 2 nitrogen and oxygen atoms in total. The highest BCUT2D eigenvalue weighted by molar-refractivity contribution is 6.30. The quantitative estimate of drug-likeness (QED) is 0.795. The van der Waals surface area contributed by atoms with Gasteiger partial charge in [0, 0.05) is 16.6 Å². The molecule has 1 aromatic rings. The van der Waals surface area contributed by atoms with Crippen molar-refractivity contribution in [1.29, 1.82) is 0 Å². The second-order valence-electron chi connectivity index (χ2n) is 4.24. The Morgan fingerprint density at radius 3 is 2.47 bits per heavy atom. The maximum atomic E-state index is 12.0. The summed E-state index contributed by atoms with van der Waals surface area (Å²) in [6.45, 7) is 4.20. The Bertz CT molecular complexity index is 348. The van der Waals surface area contributed by atoms with Crippen LogP contribution < -0.4 is 5.32 Å². The van der Waals surface area contributed by atoms with E-state index in [1.54, 1.807) is 12.1 Å². The predicted octanol–water partition coefficient (Wildman–Crippen LogP) is 4.49. The minimum atomic E-state index is 0.114. The van der Waals surface area contributed by atoms with Crippen molar-refractivity contribution in [3.05, 3.63) is 29.3 Å². The Morgan fingerprint density at radius 1 is 1.29 bits per heavy atom. The Balaban J connectivity index is 2.54. The van der Waals surface area contributed by atoms with Crippen LogP contribution in [0, 0.1) is 5.92 Å². The first kappa shape index (κ1) is 14.0. The fraction of sp³-hybridized carbons (Fsp3) is 0.500. The molecule has 0 aliphatic rings. The zero-order valence-electron chi connectivity index (χ0n) is 10.5. The molecule has 1 atom stereocenters. The summed E-state index contributed by atoms with van der Waals surface area (Å²) in [7, 11) is 0. The number of halogens is 1. The number of amides is 1. The van der Waals surface area contributed by atoms with Crippen molar-refractivity contribution >= 4 is 23.2 Å². The molecule has 0 heterocycles. The van der Waals surface area contributed by atoms with E-state index in [1.807, 2.05) is 12.1 Å². The Morgan fingerprint density at radius 2 is 1.94 bits per heavy atom. The molecule has 1 unspecified atom stereocenters. The molecule has 0 aliphatic carbocycles. The molecular formula is C14H20ClNO. The fourth-order valence-electron chi connectivity index (χ4n) is 1.75. The highest BCUT2D eigenvalue weighted by Crippen LogP contribution is 2.17. The molecule has 1 amide bonds. The number of rotatable bonds is 6. The summed E-state index contributed by atoms with van der Waals surface area (Å²) in [5.74, 6) is 0.230. The number of carbonyl (C=O) groups is 1. The highest BCUT2D eigenvalue weighted by atomic mass is 35.5. The lowest BCUT2D eigenvalue weighted by Crippen LogP contribution is -2.22. The molecule has 17 heavy (non-hydrogen) atoms. The Hall–Kier alpha value is -1.02. The molecular weight excluding hydrogens is 234 g/mol. The largest absolute Gasteiger partial charge is 0.326 e. The topological polar surface area (TPSA) is 29.1 Å². The van der Waals surface area contributed by atoms with Gasteiger partial charge in [-0.15, -0.1) is 0 Å². The molecule has 0 aromatic heterocycles. The van der Waals surface area contributed by atoms with Crippen molar-refractivity contribution in [2.45, 2.75) is 39.5 Å². The first-order valence-electron chi connectivity index (χ1n) is 6.23. The molecule has 0 saturated heterocycles. The number of hydrogen-bond acceptors (Lipinski definition) is 1. The smallest absolute Gasteiger partial charge is 0.227 e. The van der Waals surface area contributed by atoms with Gasteiger partial charge in [-0.3, -0.25) is 4.79 Å². The van der Waals surface area contributed by atoms with Crippen molar-refractivity contribution in [1.82, 2.24) is 0 Å². The summed E-state index contributed by atoms with van der Waals surface area (Å²) in [5, 5.41) is 3.61. The van der Waals surface area contributed by atoms with E-state index >= 15 is 0 Å². The molecule has 94 valence electrons. The van der Waals surface area contributed by atoms with Crippen molar-refractivity contribution in [3.63, 3.8) is 0 Å². The zero-order valence-corrected chi connectivity index (χ0v) is 11.3. The third-order valence-electron chi connectivity index (χ3n) is 2.88. The summed E-state index contributed by atoms with van der Waals surface area (Å²) in [5.41, 5.74) is 0.814. The van der Waals surface area contributed by atoms with Crippen LogP contribution in [0.15, 0.2) is 24.3 Å². The van der Waals surface area contributed by atoms with E-state index < -0.39 is 0 Å². The zero-order chi connectivity index (χ0) is 12.7. The number of unbranched alkanes of at least 4 members (excludes halogenated alkanes) is 1. The van der Waals surface area contributed by atoms with Gasteiger partial charge in [0.2, 0.25) is 5.91 Å². The summed E-state index contributed by atoms with van der Waals surface area (Å²) >= 11 is 5.79. The third-order valence-corrected chi connectivity index (χ3v) is 3.13. The summed E-state index contributed by atoms with van der Waals surface area (Å²) < 4.78 is 0. The monoisotopic (exact) mass is 253 g/mol. The molecule has 0 aliphatic heterocycles. The third kappa shape index (κ3) is 4.78. The lowest BCUT2D eigenvalue weighted by molar-refractivity contribution is -0.120. The first-order valence-corrected chi connectivity index (χ1v) is 6.61. The molecule has 0 saturated carbocycles. The van der Waals surface area contributed by atoms with Crippen molar-refractivity contribution in [2.24, 2.45) is 5.92 Å². The average molecular weight is 254 g/mol. The van der Waals surface area contributed by atoms with E-state index in [2.05, 4.69) is 19.2 Å². The standard InChI is InChI=1S/C14H20ClNO/c1-3-5-6-11(4-2)14(17)16-13-9-7-12(15)8-10-13/h7-11H,3-6H2,1-2H3,(H,16,17). The van der Waals surface area contributed by atoms with Gasteiger partial charge in [0.25, 0.3) is 0 Å². The minimum Gasteiger partial charge on any atom is -0.326 e. The normalized spacial score (nSPS) is 12.2. The van der Waals surface area contributed by atoms with Gasteiger partial charge in [-0.1, -0.05) is 38.3 Å². The summed E-state index contributed by atoms with van der Waals surface area (Å²) in [6, 6.07) is 7.22. The van der Waals surface area contributed by atoms with Gasteiger partial charge in [-0.2, -0.15) is 0 Å². The molecule has 1 N–H and O–H groups in total. The van der Waals surface area contributed by atoms with Crippen LogP contribution in [-0.4, -0.2) is 5.91 Å². The minimum absolute atomic E-state index is 0.114. The van der Waals surface area contributed by atoms with E-state index in [0.29, 0.717) is 5.02 Å². The molecule has 0 bridgehead atoms. The summed E-state index contributed by atoms with van der Waals surface area (Å²) in [4.78, 5) is 12.0. The van der Waals surface area contributed by atoms with Gasteiger partial charge in [0.1, 0.15) is 0 Å². The van der Waals surface area contributed by atoms with Crippen LogP contribution in [0.25, 0.3) is 0 Å². The number of carbonyl (C=O) groups excluding carboxylic acids is 1. The number of nitrogens with one attached hydrogen (secondary N) is 1. The maximum absolute atomic E-state index is 12.0. The second-order valence-corrected chi connectivity index (χ2v) is 4.68.